The predicted octanol–water partition coefficient (Wildman–Crippen LogP) is 2.41. The second-order valence-corrected chi connectivity index (χ2v) is 2.22. The largest absolute Gasteiger partial charge is 0.388 e. The zero-order chi connectivity index (χ0) is 8.53. The van der Waals surface area contributed by atoms with E-state index in [1.807, 2.05) is 18.2 Å². The summed E-state index contributed by atoms with van der Waals surface area (Å²) in [6, 6.07) is 0. The summed E-state index contributed by atoms with van der Waals surface area (Å²) in [5.74, 6) is 0. The molecule has 0 saturated carbocycles. The molecule has 0 spiro atoms. The van der Waals surface area contributed by atoms with Crippen molar-refractivity contribution in [3.05, 3.63) is 49.2 Å². The van der Waals surface area contributed by atoms with Crippen molar-refractivity contribution in [1.29, 1.82) is 0 Å². The molecule has 0 aromatic carbocycles. The first-order chi connectivity index (χ1) is 5.31. The Labute approximate surface area is 68.8 Å². The van der Waals surface area contributed by atoms with Crippen LogP contribution in [0.25, 0.3) is 0 Å². The van der Waals surface area contributed by atoms with Crippen LogP contribution in [0.2, 0.25) is 0 Å². The fraction of sp³-hybridized carbons (Fsp3) is 0.200. The SMILES string of the molecule is C=C/C=C\C=C(/C)CNC=C. The summed E-state index contributed by atoms with van der Waals surface area (Å²) in [6.07, 6.45) is 9.35. The first-order valence-electron chi connectivity index (χ1n) is 3.60. The van der Waals surface area contributed by atoms with Gasteiger partial charge in [0.15, 0.2) is 0 Å². The molecule has 1 heteroatoms. The number of hydrogen-bond acceptors (Lipinski definition) is 1. The van der Waals surface area contributed by atoms with Gasteiger partial charge >= 0.3 is 0 Å². The molecule has 0 rings (SSSR count). The first kappa shape index (κ1) is 9.76. The fourth-order valence-corrected chi connectivity index (χ4v) is 0.590. The monoisotopic (exact) mass is 149 g/mol. The smallest absolute Gasteiger partial charge is 0.0354 e. The highest BCUT2D eigenvalue weighted by molar-refractivity contribution is 5.15. The van der Waals surface area contributed by atoms with Crippen molar-refractivity contribution in [2.75, 3.05) is 6.54 Å². The quantitative estimate of drug-likeness (QED) is 0.592. The van der Waals surface area contributed by atoms with Gasteiger partial charge in [0.05, 0.1) is 0 Å². The molecule has 1 N–H and O–H groups in total. The lowest BCUT2D eigenvalue weighted by Gasteiger charge is -1.97. The molecule has 0 saturated heterocycles. The molecular formula is C10H15N. The second kappa shape index (κ2) is 6.87. The zero-order valence-corrected chi connectivity index (χ0v) is 7.01. The van der Waals surface area contributed by atoms with E-state index in [0.717, 1.165) is 6.54 Å². The van der Waals surface area contributed by atoms with Gasteiger partial charge in [-0.25, -0.2) is 0 Å². The van der Waals surface area contributed by atoms with Gasteiger partial charge in [0.2, 0.25) is 0 Å². The highest BCUT2D eigenvalue weighted by Gasteiger charge is 1.81. The van der Waals surface area contributed by atoms with Gasteiger partial charge in [0.1, 0.15) is 0 Å². The maximum Gasteiger partial charge on any atom is 0.0354 e. The van der Waals surface area contributed by atoms with E-state index in [1.165, 1.54) is 5.57 Å². The van der Waals surface area contributed by atoms with Gasteiger partial charge in [-0.2, -0.15) is 0 Å². The van der Waals surface area contributed by atoms with Crippen LogP contribution in [0.3, 0.4) is 0 Å². The van der Waals surface area contributed by atoms with Crippen molar-refractivity contribution in [3.63, 3.8) is 0 Å². The number of allylic oxidation sites excluding steroid dienone is 4. The summed E-state index contributed by atoms with van der Waals surface area (Å²) in [5, 5.41) is 3.01. The number of hydrogen-bond donors (Lipinski definition) is 1. The summed E-state index contributed by atoms with van der Waals surface area (Å²) < 4.78 is 0. The molecule has 0 amide bonds. The van der Waals surface area contributed by atoms with Crippen molar-refractivity contribution in [2.24, 2.45) is 0 Å². The topological polar surface area (TPSA) is 12.0 Å². The van der Waals surface area contributed by atoms with Crippen LogP contribution in [0.1, 0.15) is 6.92 Å². The lowest BCUT2D eigenvalue weighted by molar-refractivity contribution is 0.939. The molecule has 11 heavy (non-hydrogen) atoms. The average molecular weight is 149 g/mol. The Morgan fingerprint density at radius 3 is 2.64 bits per heavy atom. The summed E-state index contributed by atoms with van der Waals surface area (Å²) in [7, 11) is 0. The highest BCUT2D eigenvalue weighted by atomic mass is 14.8. The molecule has 0 aromatic heterocycles. The van der Waals surface area contributed by atoms with Crippen LogP contribution in [-0.4, -0.2) is 6.54 Å². The summed E-state index contributed by atoms with van der Waals surface area (Å²) >= 11 is 0. The second-order valence-electron chi connectivity index (χ2n) is 2.22. The zero-order valence-electron chi connectivity index (χ0n) is 7.01. The molecule has 0 atom stereocenters. The molecular weight excluding hydrogens is 134 g/mol. The van der Waals surface area contributed by atoms with Crippen molar-refractivity contribution in [3.8, 4) is 0 Å². The van der Waals surface area contributed by atoms with E-state index in [0.29, 0.717) is 0 Å². The van der Waals surface area contributed by atoms with E-state index in [9.17, 15) is 0 Å². The molecule has 0 radical (unpaired) electrons. The fourth-order valence-electron chi connectivity index (χ4n) is 0.590. The summed E-state index contributed by atoms with van der Waals surface area (Å²) in [4.78, 5) is 0. The lowest BCUT2D eigenvalue weighted by atomic mass is 10.2. The van der Waals surface area contributed by atoms with Gasteiger partial charge in [0, 0.05) is 6.54 Å². The van der Waals surface area contributed by atoms with Crippen molar-refractivity contribution in [2.45, 2.75) is 6.92 Å². The van der Waals surface area contributed by atoms with Gasteiger partial charge in [-0.15, -0.1) is 0 Å². The van der Waals surface area contributed by atoms with E-state index in [-0.39, 0.29) is 0 Å². The van der Waals surface area contributed by atoms with Crippen LogP contribution < -0.4 is 5.32 Å². The minimum atomic E-state index is 0.852. The molecule has 0 aliphatic heterocycles. The minimum absolute atomic E-state index is 0.852. The van der Waals surface area contributed by atoms with Gasteiger partial charge in [-0.1, -0.05) is 43.0 Å². The van der Waals surface area contributed by atoms with E-state index >= 15 is 0 Å². The third kappa shape index (κ3) is 6.65. The van der Waals surface area contributed by atoms with E-state index in [4.69, 9.17) is 0 Å². The van der Waals surface area contributed by atoms with E-state index in [2.05, 4.69) is 25.4 Å². The van der Waals surface area contributed by atoms with Gasteiger partial charge < -0.3 is 5.32 Å². The molecule has 0 heterocycles. The van der Waals surface area contributed by atoms with Gasteiger partial charge in [-0.05, 0) is 13.1 Å². The molecule has 0 aliphatic rings. The summed E-state index contributed by atoms with van der Waals surface area (Å²) in [5.41, 5.74) is 1.27. The van der Waals surface area contributed by atoms with Crippen LogP contribution >= 0.6 is 0 Å². The van der Waals surface area contributed by atoms with Crippen LogP contribution in [-0.2, 0) is 0 Å². The summed E-state index contributed by atoms with van der Waals surface area (Å²) in [6.45, 7) is 10.0. The van der Waals surface area contributed by atoms with Crippen LogP contribution in [0.4, 0.5) is 0 Å². The number of nitrogens with one attached hydrogen (secondary N) is 1. The average Bonchev–Trinajstić information content (AvgIpc) is 2.01. The maximum atomic E-state index is 3.57. The molecule has 0 aliphatic carbocycles. The predicted molar refractivity (Wildman–Crippen MR) is 51.3 cm³/mol. The Morgan fingerprint density at radius 2 is 2.09 bits per heavy atom. The minimum Gasteiger partial charge on any atom is -0.388 e. The molecule has 0 aromatic rings. The third-order valence-corrected chi connectivity index (χ3v) is 1.15. The van der Waals surface area contributed by atoms with Crippen molar-refractivity contribution >= 4 is 0 Å². The van der Waals surface area contributed by atoms with Crippen molar-refractivity contribution < 1.29 is 0 Å². The molecule has 0 unspecified atom stereocenters. The normalized spacial score (nSPS) is 11.5. The van der Waals surface area contributed by atoms with Gasteiger partial charge in [-0.3, -0.25) is 0 Å². The highest BCUT2D eigenvalue weighted by Crippen LogP contribution is 1.90. The molecule has 0 bridgehead atoms. The Morgan fingerprint density at radius 1 is 1.36 bits per heavy atom. The lowest BCUT2D eigenvalue weighted by Crippen LogP contribution is -2.06. The first-order valence-corrected chi connectivity index (χ1v) is 3.60. The van der Waals surface area contributed by atoms with Crippen molar-refractivity contribution in [1.82, 2.24) is 5.32 Å². The van der Waals surface area contributed by atoms with Crippen LogP contribution in [0.5, 0.6) is 0 Å². The Kier molecular flexibility index (Phi) is 6.10. The van der Waals surface area contributed by atoms with E-state index in [1.54, 1.807) is 12.3 Å². The molecule has 0 fully saturated rings. The Balaban J connectivity index is 3.70. The standard InChI is InChI=1S/C10H15N/c1-4-6-7-8-10(3)9-11-5-2/h4-8,11H,1-2,9H2,3H3/b7-6-,10-8+. The molecule has 1 nitrogen and oxygen atoms in total. The Hall–Kier alpha value is -1.24. The van der Waals surface area contributed by atoms with Gasteiger partial charge in [0.25, 0.3) is 0 Å². The van der Waals surface area contributed by atoms with Crippen LogP contribution in [0.15, 0.2) is 49.2 Å². The Bertz CT molecular complexity index is 175. The maximum absolute atomic E-state index is 3.57. The number of rotatable bonds is 5. The third-order valence-electron chi connectivity index (χ3n) is 1.15. The van der Waals surface area contributed by atoms with E-state index < -0.39 is 0 Å². The van der Waals surface area contributed by atoms with Crippen LogP contribution in [0, 0.1) is 0 Å². The molecule has 60 valence electrons.